The van der Waals surface area contributed by atoms with E-state index in [9.17, 15) is 45.5 Å². The number of nitrogens with one attached hydrogen (secondary N) is 2. The molecule has 0 aliphatic heterocycles. The molecule has 2 amide bonds. The van der Waals surface area contributed by atoms with E-state index in [0.29, 0.717) is 24.0 Å². The van der Waals surface area contributed by atoms with Crippen LogP contribution in [0.2, 0.25) is 0 Å². The van der Waals surface area contributed by atoms with E-state index in [1.165, 1.54) is 38.1 Å². The molecule has 4 aromatic heterocycles. The largest absolute Gasteiger partial charge is 0.352 e. The van der Waals surface area contributed by atoms with E-state index in [-0.39, 0.29) is 83.9 Å². The van der Waals surface area contributed by atoms with E-state index in [1.807, 2.05) is 26.0 Å². The zero-order chi connectivity index (χ0) is 52.0. The molecule has 4 heterocycles. The number of ketones is 2. The van der Waals surface area contributed by atoms with Gasteiger partial charge >= 0.3 is 0 Å². The molecule has 18 heteroatoms. The van der Waals surface area contributed by atoms with Crippen molar-refractivity contribution >= 4 is 23.4 Å². The van der Waals surface area contributed by atoms with E-state index in [4.69, 9.17) is 11.5 Å². The first-order valence-electron chi connectivity index (χ1n) is 23.5. The Kier molecular flexibility index (Phi) is 16.8. The van der Waals surface area contributed by atoms with Crippen LogP contribution in [0.25, 0.3) is 22.5 Å². The second-order valence-electron chi connectivity index (χ2n) is 18.7. The van der Waals surface area contributed by atoms with Crippen molar-refractivity contribution in [3.05, 3.63) is 166 Å². The van der Waals surface area contributed by atoms with Gasteiger partial charge in [-0.15, -0.1) is 0 Å². The molecule has 12 nitrogen and oxygen atoms in total. The zero-order valence-corrected chi connectivity index (χ0v) is 39.9. The summed E-state index contributed by atoms with van der Waals surface area (Å²) in [7, 11) is 0. The minimum Gasteiger partial charge on any atom is -0.352 e. The number of benzene rings is 2. The van der Waals surface area contributed by atoms with Crippen molar-refractivity contribution in [3.63, 3.8) is 0 Å². The minimum absolute atomic E-state index is 0.0510. The number of nitrogens with zero attached hydrogens (tertiary/aromatic N) is 4. The predicted molar refractivity (Wildman–Crippen MR) is 257 cm³/mol. The fraction of sp³-hybridized carbons (Fsp3) is 0.333. The predicted octanol–water partition coefficient (Wildman–Crippen LogP) is 8.66. The number of aromatic nitrogens is 4. The number of nitrogens with two attached hydrogens (primary N) is 2. The molecule has 0 spiro atoms. The summed E-state index contributed by atoms with van der Waals surface area (Å²) in [6, 6.07) is 13.6. The van der Waals surface area contributed by atoms with Gasteiger partial charge in [0.2, 0.25) is 11.8 Å². The smallest absolute Gasteiger partial charge is 0.217 e. The maximum absolute atomic E-state index is 14.4. The number of carbonyl (C=O) groups is 4. The van der Waals surface area contributed by atoms with Crippen molar-refractivity contribution in [3.8, 4) is 22.5 Å². The molecule has 376 valence electrons. The lowest BCUT2D eigenvalue weighted by Gasteiger charge is -2.39. The average Bonchev–Trinajstić information content (AvgIpc) is 3.32. The van der Waals surface area contributed by atoms with E-state index in [0.717, 1.165) is 60.4 Å². The Bertz CT molecular complexity index is 2730. The third kappa shape index (κ3) is 12.1. The first-order valence-corrected chi connectivity index (χ1v) is 23.5. The van der Waals surface area contributed by atoms with Crippen molar-refractivity contribution < 1.29 is 45.5 Å². The first kappa shape index (κ1) is 52.6. The third-order valence-electron chi connectivity index (χ3n) is 13.4. The van der Waals surface area contributed by atoms with Gasteiger partial charge in [-0.25, -0.2) is 36.3 Å². The molecule has 2 saturated carbocycles. The topological polar surface area (TPSA) is 196 Å². The summed E-state index contributed by atoms with van der Waals surface area (Å²) in [5.41, 5.74) is 13.4. The molecule has 2 aromatic carbocycles. The molecule has 0 radical (unpaired) electrons. The Labute approximate surface area is 412 Å². The van der Waals surface area contributed by atoms with Gasteiger partial charge in [0.05, 0.1) is 11.1 Å². The Balaban J connectivity index is 0.000000211. The molecular weight excluding hydrogens is 939 g/mol. The SMILES string of the molecule is CC(=O)N[C@@H]1[C@H](C)C[C@H](c2ccncc2CC(=O)c2ccc(F)c(-c3c(F)cccc3F)n2)C[C@@H]1N.CC(=O)N[C@@H]1[C@H](N)C[C@H](c2ccncc2CC(=O)c2ccc(F)c(-c3c(F)cccc3F)n2)C[C@@H]1C. The van der Waals surface area contributed by atoms with Gasteiger partial charge in [0.25, 0.3) is 0 Å². The molecule has 0 unspecified atom stereocenters. The van der Waals surface area contributed by atoms with Gasteiger partial charge in [0, 0.05) is 75.6 Å². The van der Waals surface area contributed by atoms with E-state index >= 15 is 0 Å². The summed E-state index contributed by atoms with van der Waals surface area (Å²) in [5, 5.41) is 5.86. The first-order chi connectivity index (χ1) is 34.3. The highest BCUT2D eigenvalue weighted by atomic mass is 19.2. The highest BCUT2D eigenvalue weighted by Gasteiger charge is 2.37. The second-order valence-corrected chi connectivity index (χ2v) is 18.7. The van der Waals surface area contributed by atoms with Crippen molar-refractivity contribution in [2.24, 2.45) is 23.3 Å². The number of pyridine rings is 4. The fourth-order valence-electron chi connectivity index (χ4n) is 10.1. The highest BCUT2D eigenvalue weighted by molar-refractivity contribution is 5.97. The van der Waals surface area contributed by atoms with Gasteiger partial charge in [0.1, 0.15) is 57.7 Å². The number of hydrogen-bond donors (Lipinski definition) is 4. The molecule has 0 saturated heterocycles. The van der Waals surface area contributed by atoms with Crippen LogP contribution in [0, 0.1) is 46.7 Å². The molecule has 8 rings (SSSR count). The molecule has 2 aliphatic carbocycles. The van der Waals surface area contributed by atoms with E-state index < -0.39 is 69.0 Å². The van der Waals surface area contributed by atoms with Gasteiger partial charge in [-0.3, -0.25) is 29.1 Å². The van der Waals surface area contributed by atoms with Crippen LogP contribution in [0.5, 0.6) is 0 Å². The molecule has 0 bridgehead atoms. The summed E-state index contributed by atoms with van der Waals surface area (Å²) in [5.74, 6) is -6.54. The lowest BCUT2D eigenvalue weighted by molar-refractivity contribution is -0.121. The van der Waals surface area contributed by atoms with Crippen LogP contribution in [-0.4, -0.2) is 67.5 Å². The lowest BCUT2D eigenvalue weighted by Crippen LogP contribution is -2.54. The molecule has 72 heavy (non-hydrogen) atoms. The van der Waals surface area contributed by atoms with Crippen LogP contribution in [-0.2, 0) is 22.4 Å². The number of rotatable bonds is 12. The van der Waals surface area contributed by atoms with Crippen LogP contribution in [0.1, 0.15) is 108 Å². The lowest BCUT2D eigenvalue weighted by atomic mass is 9.72. The van der Waals surface area contributed by atoms with Gasteiger partial charge < -0.3 is 22.1 Å². The van der Waals surface area contributed by atoms with Gasteiger partial charge in [-0.05, 0) is 132 Å². The van der Waals surface area contributed by atoms with Crippen LogP contribution < -0.4 is 22.1 Å². The maximum atomic E-state index is 14.4. The Hall–Kier alpha value is -7.18. The molecule has 2 fully saturated rings. The average molecular weight is 993 g/mol. The quantitative estimate of drug-likeness (QED) is 0.0681. The summed E-state index contributed by atoms with van der Waals surface area (Å²) in [6.45, 7) is 7.00. The van der Waals surface area contributed by atoms with Crippen LogP contribution in [0.15, 0.2) is 97.6 Å². The van der Waals surface area contributed by atoms with E-state index in [1.54, 1.807) is 24.8 Å². The van der Waals surface area contributed by atoms with Gasteiger partial charge in [0.15, 0.2) is 11.6 Å². The monoisotopic (exact) mass is 992 g/mol. The van der Waals surface area contributed by atoms with Crippen molar-refractivity contribution in [2.75, 3.05) is 0 Å². The van der Waals surface area contributed by atoms with E-state index in [2.05, 4.69) is 30.6 Å². The van der Waals surface area contributed by atoms with Crippen molar-refractivity contribution in [2.45, 2.75) is 102 Å². The van der Waals surface area contributed by atoms with Crippen molar-refractivity contribution in [1.82, 2.24) is 30.6 Å². The fourth-order valence-corrected chi connectivity index (χ4v) is 10.1. The summed E-state index contributed by atoms with van der Waals surface area (Å²) in [6.07, 6.45) is 9.10. The van der Waals surface area contributed by atoms with Gasteiger partial charge in [-0.2, -0.15) is 0 Å². The number of halogens is 6. The number of Topliss-reactive ketones (excluding diaryl/α,β-unsaturated/α-hetero) is 2. The summed E-state index contributed by atoms with van der Waals surface area (Å²) >= 11 is 0. The molecule has 6 N–H and O–H groups in total. The van der Waals surface area contributed by atoms with Crippen LogP contribution in [0.3, 0.4) is 0 Å². The normalized spacial score (nSPS) is 21.7. The van der Waals surface area contributed by atoms with Crippen LogP contribution >= 0.6 is 0 Å². The second kappa shape index (κ2) is 22.9. The number of amides is 2. The zero-order valence-electron chi connectivity index (χ0n) is 39.9. The maximum Gasteiger partial charge on any atom is 0.217 e. The molecular formula is C54H54F6N8O4. The highest BCUT2D eigenvalue weighted by Crippen LogP contribution is 2.39. The Morgan fingerprint density at radius 1 is 0.528 bits per heavy atom. The molecule has 2 aliphatic rings. The number of hydrogen-bond acceptors (Lipinski definition) is 10. The Morgan fingerprint density at radius 2 is 0.889 bits per heavy atom. The summed E-state index contributed by atoms with van der Waals surface area (Å²) in [4.78, 5) is 65.7. The summed E-state index contributed by atoms with van der Waals surface area (Å²) < 4.78 is 85.9. The van der Waals surface area contributed by atoms with Gasteiger partial charge in [-0.1, -0.05) is 26.0 Å². The third-order valence-corrected chi connectivity index (χ3v) is 13.4. The Morgan fingerprint density at radius 3 is 1.22 bits per heavy atom. The molecule has 6 aromatic rings. The minimum atomic E-state index is -0.971. The van der Waals surface area contributed by atoms with Crippen LogP contribution in [0.4, 0.5) is 26.3 Å². The standard InChI is InChI=1S/2C27H27F3N4O2/c2*1-14-10-16(11-22(31)26(14)33-15(2)35)18-8-9-32-13-17(18)12-24(36)23-7-6-21(30)27(34-23)25-19(28)4-3-5-20(25)29/h2*3-9,13-14,16,22,26H,10-12,31H2,1-2H3,(H,33,35)/t2*14-,16+,22+,26-/m10/s1. The molecule has 8 atom stereocenters. The number of carbonyl (C=O) groups excluding carboxylic acids is 4. The van der Waals surface area contributed by atoms with Crippen molar-refractivity contribution in [1.29, 1.82) is 0 Å².